The third-order valence-electron chi connectivity index (χ3n) is 6.77. The molecule has 0 aliphatic carbocycles. The van der Waals surface area contributed by atoms with Gasteiger partial charge < -0.3 is 18.5 Å². The van der Waals surface area contributed by atoms with Crippen molar-refractivity contribution in [1.82, 2.24) is 9.99 Å². The molecule has 0 bridgehead atoms. The third kappa shape index (κ3) is 7.21. The lowest BCUT2D eigenvalue weighted by molar-refractivity contribution is -0.385. The van der Waals surface area contributed by atoms with Crippen molar-refractivity contribution < 1.29 is 23.6 Å². The molecule has 0 fully saturated rings. The van der Waals surface area contributed by atoms with Gasteiger partial charge in [-0.1, -0.05) is 29.8 Å². The average molecular weight is 624 g/mol. The molecule has 0 unspecified atom stereocenters. The lowest BCUT2D eigenvalue weighted by Crippen LogP contribution is -2.16. The van der Waals surface area contributed by atoms with Crippen LogP contribution >= 0.6 is 11.6 Å². The molecular formula is C33H26ClN5O6. The van der Waals surface area contributed by atoms with E-state index in [1.165, 1.54) is 24.4 Å². The van der Waals surface area contributed by atoms with E-state index in [2.05, 4.69) is 27.2 Å². The zero-order chi connectivity index (χ0) is 31.9. The Kier molecular flexibility index (Phi) is 9.26. The van der Waals surface area contributed by atoms with E-state index in [0.29, 0.717) is 22.6 Å². The third-order valence-corrected chi connectivity index (χ3v) is 7.05. The number of halogens is 1. The summed E-state index contributed by atoms with van der Waals surface area (Å²) < 4.78 is 19.2. The molecule has 1 N–H and O–H groups in total. The minimum absolute atomic E-state index is 0.00469. The van der Waals surface area contributed by atoms with Crippen LogP contribution in [0.15, 0.2) is 94.4 Å². The Labute approximate surface area is 263 Å². The van der Waals surface area contributed by atoms with Crippen LogP contribution in [0, 0.1) is 35.3 Å². The van der Waals surface area contributed by atoms with Crippen LogP contribution in [0.1, 0.15) is 44.4 Å². The van der Waals surface area contributed by atoms with Crippen LogP contribution in [-0.2, 0) is 13.2 Å². The molecule has 3 aromatic carbocycles. The number of carbonyl (C=O) groups excluding carboxylic acids is 1. The molecular weight excluding hydrogens is 598 g/mol. The van der Waals surface area contributed by atoms with Crippen molar-refractivity contribution in [2.24, 2.45) is 5.10 Å². The predicted molar refractivity (Wildman–Crippen MR) is 167 cm³/mol. The number of nitriles is 1. The fourth-order valence-corrected chi connectivity index (χ4v) is 4.85. The topological polar surface area (TPSA) is 145 Å². The van der Waals surface area contributed by atoms with Gasteiger partial charge >= 0.3 is 11.6 Å². The number of nitrogens with zero attached hydrogens (tertiary/aromatic N) is 4. The number of ether oxygens (including phenoxy) is 2. The van der Waals surface area contributed by atoms with Crippen molar-refractivity contribution >= 4 is 29.4 Å². The van der Waals surface area contributed by atoms with Crippen LogP contribution < -0.4 is 14.9 Å². The number of nitro groups is 1. The highest BCUT2D eigenvalue weighted by Crippen LogP contribution is 2.36. The number of nitrogens with one attached hydrogen (secondary N) is 1. The minimum Gasteiger partial charge on any atom is -0.486 e. The van der Waals surface area contributed by atoms with E-state index in [1.54, 1.807) is 30.3 Å². The number of aryl methyl sites for hydroxylation is 2. The van der Waals surface area contributed by atoms with Gasteiger partial charge in [-0.2, -0.15) is 10.4 Å². The molecule has 0 radical (unpaired) electrons. The zero-order valence-corrected chi connectivity index (χ0v) is 24.9. The summed E-state index contributed by atoms with van der Waals surface area (Å²) in [5.41, 5.74) is 6.41. The second kappa shape index (κ2) is 13.6. The van der Waals surface area contributed by atoms with E-state index in [4.69, 9.17) is 25.5 Å². The van der Waals surface area contributed by atoms with Gasteiger partial charge in [-0.15, -0.1) is 0 Å². The molecule has 0 atom stereocenters. The standard InChI is InChI=1S/C33H26ClN5O6/c1-21-7-8-22(2)38(21)26-9-11-27(12-10-26)43-20-28-13-14-31(45-28)33(40)37-36-18-23-15-29(34)32(30(16-23)39(41)42)44-19-25-6-4-3-5-24(25)17-35/h3-16,18H,19-20H2,1-2H3,(H,37,40)/b36-18+. The van der Waals surface area contributed by atoms with Crippen LogP contribution in [0.3, 0.4) is 0 Å². The van der Waals surface area contributed by atoms with Crippen molar-refractivity contribution in [3.8, 4) is 23.3 Å². The maximum absolute atomic E-state index is 12.6. The van der Waals surface area contributed by atoms with Crippen molar-refractivity contribution in [1.29, 1.82) is 5.26 Å². The number of hydrogen-bond donors (Lipinski definition) is 1. The SMILES string of the molecule is Cc1ccc(C)n1-c1ccc(OCc2ccc(C(=O)N/N=C/c3cc(Cl)c(OCc4ccccc4C#N)c([N+](=O)[O-])c3)o2)cc1. The maximum Gasteiger partial charge on any atom is 0.313 e. The smallest absolute Gasteiger partial charge is 0.313 e. The van der Waals surface area contributed by atoms with Gasteiger partial charge in [0.1, 0.15) is 24.7 Å². The molecule has 1 amide bonds. The number of amides is 1. The molecule has 45 heavy (non-hydrogen) atoms. The minimum atomic E-state index is -0.641. The Bertz CT molecular complexity index is 1920. The number of nitro benzene ring substituents is 1. The van der Waals surface area contributed by atoms with E-state index < -0.39 is 16.5 Å². The molecule has 0 aliphatic heterocycles. The van der Waals surface area contributed by atoms with Crippen LogP contribution in [0.4, 0.5) is 5.69 Å². The number of furan rings is 1. The van der Waals surface area contributed by atoms with Gasteiger partial charge in [-0.3, -0.25) is 14.9 Å². The average Bonchev–Trinajstić information content (AvgIpc) is 3.65. The molecule has 0 saturated heterocycles. The van der Waals surface area contributed by atoms with Gasteiger partial charge in [0, 0.05) is 34.3 Å². The normalized spacial score (nSPS) is 10.9. The number of hydrogen-bond acceptors (Lipinski definition) is 8. The number of aromatic nitrogens is 1. The van der Waals surface area contributed by atoms with Crippen LogP contribution in [0.2, 0.25) is 5.02 Å². The number of carbonyl (C=O) groups is 1. The summed E-state index contributed by atoms with van der Waals surface area (Å²) in [4.78, 5) is 23.7. The van der Waals surface area contributed by atoms with Gasteiger partial charge in [0.15, 0.2) is 5.76 Å². The Morgan fingerprint density at radius 3 is 2.49 bits per heavy atom. The molecule has 2 aromatic heterocycles. The molecule has 2 heterocycles. The van der Waals surface area contributed by atoms with E-state index in [-0.39, 0.29) is 35.3 Å². The Morgan fingerprint density at radius 2 is 1.78 bits per heavy atom. The van der Waals surface area contributed by atoms with Crippen molar-refractivity contribution in [2.45, 2.75) is 27.1 Å². The summed E-state index contributed by atoms with van der Waals surface area (Å²) in [5, 5.41) is 24.8. The highest BCUT2D eigenvalue weighted by molar-refractivity contribution is 6.32. The summed E-state index contributed by atoms with van der Waals surface area (Å²) in [6.45, 7) is 4.10. The summed E-state index contributed by atoms with van der Waals surface area (Å²) in [6, 6.07) is 26.3. The first-order chi connectivity index (χ1) is 21.7. The van der Waals surface area contributed by atoms with Crippen LogP contribution in [-0.4, -0.2) is 21.6 Å². The molecule has 11 nitrogen and oxygen atoms in total. The summed E-state index contributed by atoms with van der Waals surface area (Å²) >= 11 is 6.30. The molecule has 5 rings (SSSR count). The lowest BCUT2D eigenvalue weighted by Gasteiger charge is -2.10. The van der Waals surface area contributed by atoms with E-state index >= 15 is 0 Å². The van der Waals surface area contributed by atoms with E-state index in [9.17, 15) is 20.2 Å². The zero-order valence-electron chi connectivity index (χ0n) is 24.2. The number of hydrazone groups is 1. The first-order valence-corrected chi connectivity index (χ1v) is 14.0. The van der Waals surface area contributed by atoms with Gasteiger partial charge in [-0.25, -0.2) is 5.43 Å². The van der Waals surface area contributed by atoms with Crippen LogP contribution in [0.25, 0.3) is 5.69 Å². The predicted octanol–water partition coefficient (Wildman–Crippen LogP) is 7.04. The second-order valence-corrected chi connectivity index (χ2v) is 10.3. The molecule has 0 saturated carbocycles. The van der Waals surface area contributed by atoms with E-state index in [1.807, 2.05) is 44.2 Å². The molecule has 12 heteroatoms. The fraction of sp³-hybridized carbons (Fsp3) is 0.121. The summed E-state index contributed by atoms with van der Waals surface area (Å²) in [5.74, 6) is 0.300. The first kappa shape index (κ1) is 30.6. The van der Waals surface area contributed by atoms with E-state index in [0.717, 1.165) is 17.1 Å². The first-order valence-electron chi connectivity index (χ1n) is 13.6. The van der Waals surface area contributed by atoms with Crippen molar-refractivity contribution in [3.63, 3.8) is 0 Å². The quantitative estimate of drug-likeness (QED) is 0.0943. The Balaban J connectivity index is 1.17. The largest absolute Gasteiger partial charge is 0.486 e. The summed E-state index contributed by atoms with van der Waals surface area (Å²) in [6.07, 6.45) is 1.21. The monoisotopic (exact) mass is 623 g/mol. The lowest BCUT2D eigenvalue weighted by atomic mass is 10.1. The van der Waals surface area contributed by atoms with Gasteiger partial charge in [-0.05, 0) is 74.5 Å². The molecule has 0 spiro atoms. The van der Waals surface area contributed by atoms with Crippen molar-refractivity contribution in [2.75, 3.05) is 0 Å². The van der Waals surface area contributed by atoms with Gasteiger partial charge in [0.05, 0.1) is 27.8 Å². The molecule has 0 aliphatic rings. The molecule has 226 valence electrons. The van der Waals surface area contributed by atoms with Crippen molar-refractivity contribution in [3.05, 3.63) is 140 Å². The van der Waals surface area contributed by atoms with Gasteiger partial charge in [0.25, 0.3) is 0 Å². The highest BCUT2D eigenvalue weighted by Gasteiger charge is 2.21. The van der Waals surface area contributed by atoms with Gasteiger partial charge in [0.2, 0.25) is 5.75 Å². The van der Waals surface area contributed by atoms with Crippen LogP contribution in [0.5, 0.6) is 11.5 Å². The second-order valence-electron chi connectivity index (χ2n) is 9.86. The maximum atomic E-state index is 12.6. The molecule has 5 aromatic rings. The Morgan fingerprint density at radius 1 is 1.04 bits per heavy atom. The fourth-order valence-electron chi connectivity index (χ4n) is 4.58. The number of benzene rings is 3. The number of rotatable bonds is 11. The Hall–Kier alpha value is -5.86. The summed E-state index contributed by atoms with van der Waals surface area (Å²) in [7, 11) is 0. The highest BCUT2D eigenvalue weighted by atomic mass is 35.5.